The van der Waals surface area contributed by atoms with Gasteiger partial charge in [-0.25, -0.2) is 0 Å². The molecule has 1 aromatic rings. The van der Waals surface area contributed by atoms with Crippen molar-refractivity contribution in [1.29, 1.82) is 0 Å². The molecule has 1 aliphatic rings. The second-order valence-electron chi connectivity index (χ2n) is 4.31. The number of carbonyl (C=O) groups excluding carboxylic acids is 1. The summed E-state index contributed by atoms with van der Waals surface area (Å²) < 4.78 is 21.1. The largest absolute Gasteiger partial charge is 0.490 e. The molecular weight excluding hydrogens is 262 g/mol. The molecule has 0 aliphatic carbocycles. The highest BCUT2D eigenvalue weighted by Crippen LogP contribution is 2.32. The van der Waals surface area contributed by atoms with E-state index in [0.717, 1.165) is 6.42 Å². The first-order valence-electron chi connectivity index (χ1n) is 6.56. The third-order valence-electron chi connectivity index (χ3n) is 2.70. The van der Waals surface area contributed by atoms with E-state index >= 15 is 0 Å². The van der Waals surface area contributed by atoms with Gasteiger partial charge in [-0.05, 0) is 12.1 Å². The normalized spacial score (nSPS) is 13.7. The van der Waals surface area contributed by atoms with E-state index in [1.807, 2.05) is 0 Å². The zero-order valence-corrected chi connectivity index (χ0v) is 11.5. The zero-order valence-electron chi connectivity index (χ0n) is 11.5. The van der Waals surface area contributed by atoms with Crippen LogP contribution in [0.2, 0.25) is 0 Å². The lowest BCUT2D eigenvalue weighted by molar-refractivity contribution is -0.121. The molecule has 1 amide bonds. The Hall–Kier alpha value is -1.79. The SMILES string of the molecule is COCCOCC(=O)Nc1ccc2c(c1)OCCCO2. The molecule has 0 unspecified atom stereocenters. The number of hydrogen-bond acceptors (Lipinski definition) is 5. The topological polar surface area (TPSA) is 66.0 Å². The van der Waals surface area contributed by atoms with Gasteiger partial charge in [-0.3, -0.25) is 4.79 Å². The van der Waals surface area contributed by atoms with Gasteiger partial charge in [0.15, 0.2) is 11.5 Å². The molecule has 1 aromatic carbocycles. The molecule has 6 heteroatoms. The van der Waals surface area contributed by atoms with Gasteiger partial charge >= 0.3 is 0 Å². The molecule has 1 N–H and O–H groups in total. The fourth-order valence-electron chi connectivity index (χ4n) is 1.75. The number of anilines is 1. The summed E-state index contributed by atoms with van der Waals surface area (Å²) in [5, 5.41) is 2.75. The molecule has 1 aliphatic heterocycles. The Morgan fingerprint density at radius 1 is 1.25 bits per heavy atom. The van der Waals surface area contributed by atoms with E-state index in [-0.39, 0.29) is 12.5 Å². The van der Waals surface area contributed by atoms with Gasteiger partial charge in [-0.15, -0.1) is 0 Å². The van der Waals surface area contributed by atoms with Gasteiger partial charge in [-0.2, -0.15) is 0 Å². The molecule has 0 radical (unpaired) electrons. The Morgan fingerprint density at radius 2 is 2.05 bits per heavy atom. The maximum atomic E-state index is 11.7. The third kappa shape index (κ3) is 4.40. The number of methoxy groups -OCH3 is 1. The van der Waals surface area contributed by atoms with Gasteiger partial charge in [0.1, 0.15) is 6.61 Å². The van der Waals surface area contributed by atoms with Crippen LogP contribution in [0.4, 0.5) is 5.69 Å². The van der Waals surface area contributed by atoms with Gasteiger partial charge in [0.25, 0.3) is 0 Å². The summed E-state index contributed by atoms with van der Waals surface area (Å²) >= 11 is 0. The van der Waals surface area contributed by atoms with Crippen LogP contribution in [0.15, 0.2) is 18.2 Å². The predicted molar refractivity (Wildman–Crippen MR) is 73.4 cm³/mol. The van der Waals surface area contributed by atoms with Crippen molar-refractivity contribution >= 4 is 11.6 Å². The van der Waals surface area contributed by atoms with Crippen molar-refractivity contribution in [1.82, 2.24) is 0 Å². The highest BCUT2D eigenvalue weighted by Gasteiger charge is 2.11. The molecule has 110 valence electrons. The first-order chi connectivity index (χ1) is 9.79. The average molecular weight is 281 g/mol. The Balaban J connectivity index is 1.86. The van der Waals surface area contributed by atoms with Crippen LogP contribution in [-0.4, -0.2) is 46.1 Å². The molecule has 6 nitrogen and oxygen atoms in total. The monoisotopic (exact) mass is 281 g/mol. The predicted octanol–water partition coefficient (Wildman–Crippen LogP) is 1.45. The van der Waals surface area contributed by atoms with Crippen LogP contribution in [0.25, 0.3) is 0 Å². The third-order valence-corrected chi connectivity index (χ3v) is 2.70. The molecule has 0 saturated heterocycles. The van der Waals surface area contributed by atoms with E-state index in [4.69, 9.17) is 18.9 Å². The molecule has 1 heterocycles. The summed E-state index contributed by atoms with van der Waals surface area (Å²) in [6.45, 7) is 2.12. The summed E-state index contributed by atoms with van der Waals surface area (Å²) in [6, 6.07) is 5.33. The highest BCUT2D eigenvalue weighted by molar-refractivity contribution is 5.92. The van der Waals surface area contributed by atoms with Crippen molar-refractivity contribution in [3.8, 4) is 11.5 Å². The van der Waals surface area contributed by atoms with Gasteiger partial charge in [0.2, 0.25) is 5.91 Å². The van der Waals surface area contributed by atoms with Crippen LogP contribution in [0, 0.1) is 0 Å². The number of carbonyl (C=O) groups is 1. The Bertz CT molecular complexity index is 449. The molecule has 2 rings (SSSR count). The minimum absolute atomic E-state index is 0.00218. The molecule has 0 aromatic heterocycles. The minimum atomic E-state index is -0.212. The van der Waals surface area contributed by atoms with E-state index in [9.17, 15) is 4.79 Å². The first-order valence-corrected chi connectivity index (χ1v) is 6.56. The Kier molecular flexibility index (Phi) is 5.64. The first kappa shape index (κ1) is 14.6. The number of ether oxygens (including phenoxy) is 4. The molecule has 0 saturated carbocycles. The van der Waals surface area contributed by atoms with Gasteiger partial charge in [0, 0.05) is 25.3 Å². The van der Waals surface area contributed by atoms with Crippen LogP contribution in [0.1, 0.15) is 6.42 Å². The summed E-state index contributed by atoms with van der Waals surface area (Å²) in [4.78, 5) is 11.7. The maximum Gasteiger partial charge on any atom is 0.250 e. The van der Waals surface area contributed by atoms with Crippen LogP contribution >= 0.6 is 0 Å². The molecule has 20 heavy (non-hydrogen) atoms. The molecule has 0 atom stereocenters. The lowest BCUT2D eigenvalue weighted by Gasteiger charge is -2.10. The molecule has 0 fully saturated rings. The fraction of sp³-hybridized carbons (Fsp3) is 0.500. The smallest absolute Gasteiger partial charge is 0.250 e. The van der Waals surface area contributed by atoms with Gasteiger partial charge in [-0.1, -0.05) is 0 Å². The van der Waals surface area contributed by atoms with Crippen molar-refractivity contribution < 1.29 is 23.7 Å². The van der Waals surface area contributed by atoms with Crippen LogP contribution in [0.3, 0.4) is 0 Å². The van der Waals surface area contributed by atoms with Crippen molar-refractivity contribution in [2.45, 2.75) is 6.42 Å². The average Bonchev–Trinajstić information content (AvgIpc) is 2.68. The van der Waals surface area contributed by atoms with E-state index < -0.39 is 0 Å². The summed E-state index contributed by atoms with van der Waals surface area (Å²) in [5.41, 5.74) is 0.662. The van der Waals surface area contributed by atoms with Crippen LogP contribution in [0.5, 0.6) is 11.5 Å². The summed E-state index contributed by atoms with van der Waals surface area (Å²) in [5.74, 6) is 1.15. The summed E-state index contributed by atoms with van der Waals surface area (Å²) in [6.07, 6.45) is 0.851. The number of amides is 1. The summed E-state index contributed by atoms with van der Waals surface area (Å²) in [7, 11) is 1.58. The second-order valence-corrected chi connectivity index (χ2v) is 4.31. The van der Waals surface area contributed by atoms with E-state index in [2.05, 4.69) is 5.32 Å². The second kappa shape index (κ2) is 7.72. The lowest BCUT2D eigenvalue weighted by Crippen LogP contribution is -2.19. The highest BCUT2D eigenvalue weighted by atomic mass is 16.5. The molecular formula is C14H19NO5. The quantitative estimate of drug-likeness (QED) is 0.799. The van der Waals surface area contributed by atoms with E-state index in [0.29, 0.717) is 43.6 Å². The molecule has 0 spiro atoms. The fourth-order valence-corrected chi connectivity index (χ4v) is 1.75. The lowest BCUT2D eigenvalue weighted by atomic mass is 10.2. The van der Waals surface area contributed by atoms with E-state index in [1.165, 1.54) is 0 Å². The molecule has 0 bridgehead atoms. The minimum Gasteiger partial charge on any atom is -0.490 e. The van der Waals surface area contributed by atoms with Crippen molar-refractivity contribution in [2.24, 2.45) is 0 Å². The number of rotatable bonds is 6. The number of hydrogen-bond donors (Lipinski definition) is 1. The Labute approximate surface area is 118 Å². The van der Waals surface area contributed by atoms with Crippen LogP contribution in [-0.2, 0) is 14.3 Å². The zero-order chi connectivity index (χ0) is 14.2. The number of nitrogens with one attached hydrogen (secondary N) is 1. The van der Waals surface area contributed by atoms with Crippen molar-refractivity contribution in [3.63, 3.8) is 0 Å². The van der Waals surface area contributed by atoms with Gasteiger partial charge < -0.3 is 24.3 Å². The standard InChI is InChI=1S/C14H19NO5/c1-17-7-8-18-10-14(16)15-11-3-4-12-13(9-11)20-6-2-5-19-12/h3-4,9H,2,5-8,10H2,1H3,(H,15,16). The number of fused-ring (bicyclic) bond motifs is 1. The van der Waals surface area contributed by atoms with E-state index in [1.54, 1.807) is 25.3 Å². The van der Waals surface area contributed by atoms with Crippen molar-refractivity contribution in [2.75, 3.05) is 45.5 Å². The maximum absolute atomic E-state index is 11.7. The Morgan fingerprint density at radius 3 is 2.85 bits per heavy atom. The van der Waals surface area contributed by atoms with Crippen LogP contribution < -0.4 is 14.8 Å². The van der Waals surface area contributed by atoms with Crippen molar-refractivity contribution in [3.05, 3.63) is 18.2 Å². The number of benzene rings is 1. The van der Waals surface area contributed by atoms with Gasteiger partial charge in [0.05, 0.1) is 26.4 Å².